The Morgan fingerprint density at radius 2 is 1.94 bits per heavy atom. The number of carbonyl (C=O) groups excluding carboxylic acids is 1. The second kappa shape index (κ2) is 3.88. The molecule has 2 nitrogen and oxygen atoms in total. The Morgan fingerprint density at radius 3 is 2.56 bits per heavy atom. The van der Waals surface area contributed by atoms with E-state index in [0.717, 1.165) is 18.4 Å². The minimum absolute atomic E-state index is 0.0858. The standard InChI is InChI=1S/C16H17NO/c1-16(2)13-8-9-14(16)17(15(13)18)11-10-12-6-4-3-5-7-12/h3-7,13-14H,8-9H2,1-2H3/t13-,14-/m1/s1. The lowest BCUT2D eigenvalue weighted by Crippen LogP contribution is -2.34. The van der Waals surface area contributed by atoms with E-state index in [1.54, 1.807) is 4.90 Å². The molecular weight excluding hydrogens is 222 g/mol. The third-order valence-corrected chi connectivity index (χ3v) is 4.43. The highest BCUT2D eigenvalue weighted by molar-refractivity contribution is 5.85. The van der Waals surface area contributed by atoms with Crippen molar-refractivity contribution in [3.8, 4) is 12.0 Å². The number of nitrogens with zero attached hydrogens (tertiary/aromatic N) is 1. The predicted molar refractivity (Wildman–Crippen MR) is 70.5 cm³/mol. The van der Waals surface area contributed by atoms with Crippen LogP contribution >= 0.6 is 0 Å². The summed E-state index contributed by atoms with van der Waals surface area (Å²) < 4.78 is 0. The SMILES string of the molecule is CC1(C)[C@@H]2CC[C@H]1N(C#Cc1ccccc1)C2=O. The van der Waals surface area contributed by atoms with E-state index in [2.05, 4.69) is 25.8 Å². The van der Waals surface area contributed by atoms with Crippen LogP contribution in [0.15, 0.2) is 30.3 Å². The van der Waals surface area contributed by atoms with Gasteiger partial charge in [-0.05, 0) is 36.3 Å². The van der Waals surface area contributed by atoms with Gasteiger partial charge in [0.05, 0.1) is 6.04 Å². The lowest BCUT2D eigenvalue weighted by atomic mass is 9.83. The van der Waals surface area contributed by atoms with Gasteiger partial charge < -0.3 is 0 Å². The molecule has 1 amide bonds. The zero-order valence-electron chi connectivity index (χ0n) is 10.8. The molecule has 2 aliphatic rings. The smallest absolute Gasteiger partial charge is 0.238 e. The summed E-state index contributed by atoms with van der Waals surface area (Å²) in [5, 5.41) is 0. The number of amides is 1. The Morgan fingerprint density at radius 1 is 1.22 bits per heavy atom. The lowest BCUT2D eigenvalue weighted by Gasteiger charge is -2.24. The first-order valence-electron chi connectivity index (χ1n) is 6.50. The number of carbonyl (C=O) groups is 1. The van der Waals surface area contributed by atoms with Crippen LogP contribution < -0.4 is 0 Å². The average Bonchev–Trinajstić information content (AvgIpc) is 2.75. The second-order valence-electron chi connectivity index (χ2n) is 5.78. The zero-order chi connectivity index (χ0) is 12.8. The molecule has 3 rings (SSSR count). The van der Waals surface area contributed by atoms with Gasteiger partial charge in [-0.2, -0.15) is 0 Å². The molecule has 2 atom stereocenters. The number of piperidine rings is 1. The molecule has 1 aliphatic carbocycles. The van der Waals surface area contributed by atoms with E-state index in [0.29, 0.717) is 6.04 Å². The normalized spacial score (nSPS) is 28.1. The molecule has 1 aliphatic heterocycles. The highest BCUT2D eigenvalue weighted by atomic mass is 16.2. The summed E-state index contributed by atoms with van der Waals surface area (Å²) in [4.78, 5) is 14.0. The van der Waals surface area contributed by atoms with E-state index in [-0.39, 0.29) is 17.2 Å². The molecule has 0 radical (unpaired) electrons. The fourth-order valence-corrected chi connectivity index (χ4v) is 3.31. The van der Waals surface area contributed by atoms with Gasteiger partial charge in [-0.3, -0.25) is 9.69 Å². The fourth-order valence-electron chi connectivity index (χ4n) is 3.31. The number of hydrogen-bond donors (Lipinski definition) is 0. The molecule has 2 bridgehead atoms. The van der Waals surface area contributed by atoms with Crippen molar-refractivity contribution < 1.29 is 4.79 Å². The number of fused-ring (bicyclic) bond motifs is 2. The molecule has 0 N–H and O–H groups in total. The van der Waals surface area contributed by atoms with Crippen LogP contribution in [0.4, 0.5) is 0 Å². The number of rotatable bonds is 0. The summed E-state index contributed by atoms with van der Waals surface area (Å²) in [5.74, 6) is 3.49. The molecule has 2 heteroatoms. The topological polar surface area (TPSA) is 20.3 Å². The van der Waals surface area contributed by atoms with Crippen LogP contribution in [0, 0.1) is 23.3 Å². The van der Waals surface area contributed by atoms with Gasteiger partial charge in [-0.15, -0.1) is 0 Å². The predicted octanol–water partition coefficient (Wildman–Crippen LogP) is 2.64. The van der Waals surface area contributed by atoms with Crippen LogP contribution in [0.25, 0.3) is 0 Å². The van der Waals surface area contributed by atoms with Crippen molar-refractivity contribution >= 4 is 5.91 Å². The molecule has 1 aromatic carbocycles. The van der Waals surface area contributed by atoms with Crippen LogP contribution in [0.2, 0.25) is 0 Å². The molecular formula is C16H17NO. The summed E-state index contributed by atoms with van der Waals surface area (Å²) in [7, 11) is 0. The third kappa shape index (κ3) is 1.54. The monoisotopic (exact) mass is 239 g/mol. The van der Waals surface area contributed by atoms with Gasteiger partial charge in [0.25, 0.3) is 0 Å². The first-order chi connectivity index (χ1) is 8.60. The highest BCUT2D eigenvalue weighted by Crippen LogP contribution is 2.51. The minimum Gasteiger partial charge on any atom is -0.273 e. The Bertz CT molecular complexity index is 535. The molecule has 1 saturated carbocycles. The Hall–Kier alpha value is -1.75. The third-order valence-electron chi connectivity index (χ3n) is 4.43. The summed E-state index contributed by atoms with van der Waals surface area (Å²) >= 11 is 0. The molecule has 2 fully saturated rings. The molecule has 18 heavy (non-hydrogen) atoms. The molecule has 1 heterocycles. The van der Waals surface area contributed by atoms with E-state index >= 15 is 0 Å². The van der Waals surface area contributed by atoms with E-state index in [4.69, 9.17) is 0 Å². The van der Waals surface area contributed by atoms with Gasteiger partial charge in [0.2, 0.25) is 5.91 Å². The number of hydrogen-bond acceptors (Lipinski definition) is 1. The molecule has 1 aromatic rings. The molecule has 1 saturated heterocycles. The minimum atomic E-state index is 0.0858. The number of likely N-dealkylation sites (tertiary alicyclic amines) is 1. The molecule has 92 valence electrons. The first-order valence-corrected chi connectivity index (χ1v) is 6.50. The summed E-state index contributed by atoms with van der Waals surface area (Å²) in [5.41, 5.74) is 1.05. The van der Waals surface area contributed by atoms with Crippen molar-refractivity contribution in [2.75, 3.05) is 0 Å². The summed E-state index contributed by atoms with van der Waals surface area (Å²) in [6, 6.07) is 13.2. The van der Waals surface area contributed by atoms with Crippen LogP contribution in [0.5, 0.6) is 0 Å². The van der Waals surface area contributed by atoms with E-state index < -0.39 is 0 Å². The van der Waals surface area contributed by atoms with Gasteiger partial charge in [0.15, 0.2) is 0 Å². The van der Waals surface area contributed by atoms with Crippen LogP contribution in [0.3, 0.4) is 0 Å². The first kappa shape index (κ1) is 11.3. The van der Waals surface area contributed by atoms with E-state index in [9.17, 15) is 4.79 Å². The molecule has 0 aromatic heterocycles. The Balaban J connectivity index is 1.88. The van der Waals surface area contributed by atoms with Crippen LogP contribution in [-0.4, -0.2) is 16.8 Å². The van der Waals surface area contributed by atoms with Gasteiger partial charge in [0, 0.05) is 17.5 Å². The number of benzene rings is 1. The quantitative estimate of drug-likeness (QED) is 0.637. The second-order valence-corrected chi connectivity index (χ2v) is 5.78. The van der Waals surface area contributed by atoms with Gasteiger partial charge in [0.1, 0.15) is 0 Å². The van der Waals surface area contributed by atoms with Gasteiger partial charge in [-0.1, -0.05) is 32.0 Å². The summed E-state index contributed by atoms with van der Waals surface area (Å²) in [6.45, 7) is 4.38. The van der Waals surface area contributed by atoms with E-state index in [1.807, 2.05) is 30.3 Å². The average molecular weight is 239 g/mol. The maximum absolute atomic E-state index is 12.2. The Kier molecular flexibility index (Phi) is 2.45. The highest BCUT2D eigenvalue weighted by Gasteiger charge is 2.57. The Labute approximate surface area is 108 Å². The van der Waals surface area contributed by atoms with E-state index in [1.165, 1.54) is 0 Å². The van der Waals surface area contributed by atoms with Crippen molar-refractivity contribution in [1.82, 2.24) is 4.90 Å². The molecule has 0 unspecified atom stereocenters. The maximum Gasteiger partial charge on any atom is 0.238 e. The van der Waals surface area contributed by atoms with Crippen LogP contribution in [0.1, 0.15) is 32.3 Å². The van der Waals surface area contributed by atoms with Crippen molar-refractivity contribution in [2.45, 2.75) is 32.7 Å². The van der Waals surface area contributed by atoms with Crippen molar-refractivity contribution in [2.24, 2.45) is 11.3 Å². The molecule has 0 spiro atoms. The van der Waals surface area contributed by atoms with Crippen LogP contribution in [-0.2, 0) is 4.79 Å². The van der Waals surface area contributed by atoms with Gasteiger partial charge >= 0.3 is 0 Å². The summed E-state index contributed by atoms with van der Waals surface area (Å²) in [6.07, 6.45) is 2.12. The van der Waals surface area contributed by atoms with Crippen molar-refractivity contribution in [3.05, 3.63) is 35.9 Å². The van der Waals surface area contributed by atoms with Gasteiger partial charge in [-0.25, -0.2) is 0 Å². The largest absolute Gasteiger partial charge is 0.273 e. The lowest BCUT2D eigenvalue weighted by molar-refractivity contribution is -0.131. The maximum atomic E-state index is 12.2. The zero-order valence-corrected chi connectivity index (χ0v) is 10.8. The fraction of sp³-hybridized carbons (Fsp3) is 0.438. The van der Waals surface area contributed by atoms with Crippen molar-refractivity contribution in [3.63, 3.8) is 0 Å². The van der Waals surface area contributed by atoms with Crippen molar-refractivity contribution in [1.29, 1.82) is 0 Å².